The van der Waals surface area contributed by atoms with E-state index in [0.717, 1.165) is 25.0 Å². The maximum Gasteiger partial charge on any atom is 0.0753 e. The molecule has 0 aliphatic heterocycles. The van der Waals surface area contributed by atoms with Crippen LogP contribution < -0.4 is 0 Å². The van der Waals surface area contributed by atoms with Crippen molar-refractivity contribution in [3.63, 3.8) is 0 Å². The zero-order valence-corrected chi connectivity index (χ0v) is 18.7. The van der Waals surface area contributed by atoms with Crippen LogP contribution in [0, 0.1) is 22.7 Å². The molecule has 4 nitrogen and oxygen atoms in total. The lowest BCUT2D eigenvalue weighted by Crippen LogP contribution is -2.48. The van der Waals surface area contributed by atoms with Gasteiger partial charge in [0.05, 0.1) is 25.9 Å². The van der Waals surface area contributed by atoms with Gasteiger partial charge in [0.25, 0.3) is 0 Å². The molecular weight excluding hydrogens is 352 g/mol. The molecule has 2 rings (SSSR count). The van der Waals surface area contributed by atoms with Gasteiger partial charge in [-0.3, -0.25) is 0 Å². The minimum Gasteiger partial charge on any atom is -0.396 e. The molecule has 0 aromatic heterocycles. The first-order valence-electron chi connectivity index (χ1n) is 11.0. The molecule has 1 fully saturated rings. The van der Waals surface area contributed by atoms with Crippen LogP contribution in [-0.2, 0) is 9.47 Å². The van der Waals surface area contributed by atoms with Gasteiger partial charge in [-0.15, -0.1) is 0 Å². The van der Waals surface area contributed by atoms with Gasteiger partial charge in [-0.2, -0.15) is 0 Å². The SMILES string of the molecule is C=C(CCO)C(O)C[C@@]1(C)[C@H](C)CC[C@@]2(C)C(C)=C(COCCOCC)C[C@H]12. The van der Waals surface area contributed by atoms with Crippen molar-refractivity contribution in [2.45, 2.75) is 72.8 Å². The van der Waals surface area contributed by atoms with Crippen LogP contribution in [-0.4, -0.2) is 49.4 Å². The third kappa shape index (κ3) is 4.72. The smallest absolute Gasteiger partial charge is 0.0753 e. The summed E-state index contributed by atoms with van der Waals surface area (Å²) in [6, 6.07) is 0. The molecule has 162 valence electrons. The summed E-state index contributed by atoms with van der Waals surface area (Å²) in [5.41, 5.74) is 3.91. The van der Waals surface area contributed by atoms with Crippen molar-refractivity contribution < 1.29 is 19.7 Å². The zero-order chi connectivity index (χ0) is 20.9. The fourth-order valence-electron chi connectivity index (χ4n) is 5.64. The molecule has 0 heterocycles. The Kier molecular flexibility index (Phi) is 8.33. The van der Waals surface area contributed by atoms with E-state index in [1.54, 1.807) is 0 Å². The molecule has 1 unspecified atom stereocenters. The Morgan fingerprint density at radius 1 is 1.29 bits per heavy atom. The molecule has 0 spiro atoms. The fourth-order valence-corrected chi connectivity index (χ4v) is 5.64. The predicted octanol–water partition coefficient (Wildman–Crippen LogP) is 4.51. The average Bonchev–Trinajstić information content (AvgIpc) is 2.91. The quantitative estimate of drug-likeness (QED) is 0.400. The first-order valence-corrected chi connectivity index (χ1v) is 11.0. The second kappa shape index (κ2) is 9.88. The normalized spacial score (nSPS) is 33.8. The van der Waals surface area contributed by atoms with E-state index in [0.29, 0.717) is 38.1 Å². The Bertz CT molecular complexity index is 569. The van der Waals surface area contributed by atoms with E-state index in [1.807, 2.05) is 6.92 Å². The number of aliphatic hydroxyl groups excluding tert-OH is 2. The number of allylic oxidation sites excluding steroid dienone is 1. The Morgan fingerprint density at radius 2 is 1.96 bits per heavy atom. The molecule has 2 aliphatic carbocycles. The van der Waals surface area contributed by atoms with Crippen molar-refractivity contribution in [1.29, 1.82) is 0 Å². The molecule has 0 aromatic rings. The molecule has 0 amide bonds. The monoisotopic (exact) mass is 394 g/mol. The number of rotatable bonds is 11. The Labute approximate surface area is 172 Å². The molecule has 0 bridgehead atoms. The summed E-state index contributed by atoms with van der Waals surface area (Å²) >= 11 is 0. The number of hydrogen-bond donors (Lipinski definition) is 2. The number of hydrogen-bond acceptors (Lipinski definition) is 4. The summed E-state index contributed by atoms with van der Waals surface area (Å²) in [4.78, 5) is 0. The lowest BCUT2D eigenvalue weighted by atomic mass is 9.50. The average molecular weight is 395 g/mol. The Balaban J connectivity index is 2.13. The van der Waals surface area contributed by atoms with E-state index in [9.17, 15) is 10.2 Å². The number of ether oxygens (including phenoxy) is 2. The molecule has 0 aromatic carbocycles. The van der Waals surface area contributed by atoms with Crippen LogP contribution in [0.25, 0.3) is 0 Å². The first-order chi connectivity index (χ1) is 13.2. The summed E-state index contributed by atoms with van der Waals surface area (Å²) in [6.45, 7) is 18.2. The van der Waals surface area contributed by atoms with Crippen LogP contribution in [0.2, 0.25) is 0 Å². The molecule has 28 heavy (non-hydrogen) atoms. The van der Waals surface area contributed by atoms with Crippen molar-refractivity contribution in [2.24, 2.45) is 22.7 Å². The van der Waals surface area contributed by atoms with E-state index in [1.165, 1.54) is 24.0 Å². The second-order valence-corrected chi connectivity index (χ2v) is 9.45. The molecule has 0 radical (unpaired) electrons. The second-order valence-electron chi connectivity index (χ2n) is 9.45. The molecule has 1 saturated carbocycles. The Morgan fingerprint density at radius 3 is 2.61 bits per heavy atom. The molecule has 0 saturated heterocycles. The highest BCUT2D eigenvalue weighted by atomic mass is 16.5. The van der Waals surface area contributed by atoms with Gasteiger partial charge >= 0.3 is 0 Å². The van der Waals surface area contributed by atoms with Gasteiger partial charge in [0.1, 0.15) is 0 Å². The number of fused-ring (bicyclic) bond motifs is 1. The maximum absolute atomic E-state index is 10.8. The highest BCUT2D eigenvalue weighted by Gasteiger charge is 2.56. The van der Waals surface area contributed by atoms with E-state index < -0.39 is 6.10 Å². The molecule has 5 atom stereocenters. The summed E-state index contributed by atoms with van der Waals surface area (Å²) in [7, 11) is 0. The standard InChI is InChI=1S/C24H42O4/c1-7-27-12-13-28-16-20-14-22-23(5,19(20)4)10-8-18(3)24(22,6)15-21(26)17(2)9-11-25/h18,21-22,25-26H,2,7-16H2,1,3-6H3/t18-,21?,22+,23+,24+/m1/s1. The van der Waals surface area contributed by atoms with Crippen molar-refractivity contribution in [1.82, 2.24) is 0 Å². The maximum atomic E-state index is 10.8. The van der Waals surface area contributed by atoms with Crippen LogP contribution in [0.15, 0.2) is 23.3 Å². The summed E-state index contributed by atoms with van der Waals surface area (Å²) in [6.07, 6.45) is 4.09. The van der Waals surface area contributed by atoms with Gasteiger partial charge in [0, 0.05) is 13.2 Å². The number of aliphatic hydroxyl groups is 2. The molecule has 4 heteroatoms. The highest BCUT2D eigenvalue weighted by molar-refractivity contribution is 5.32. The van der Waals surface area contributed by atoms with Crippen LogP contribution in [0.5, 0.6) is 0 Å². The third-order valence-corrected chi connectivity index (χ3v) is 8.01. The lowest BCUT2D eigenvalue weighted by Gasteiger charge is -2.54. The minimum atomic E-state index is -0.547. The van der Waals surface area contributed by atoms with E-state index in [4.69, 9.17) is 9.47 Å². The summed E-state index contributed by atoms with van der Waals surface area (Å²) in [5.74, 6) is 1.05. The largest absolute Gasteiger partial charge is 0.396 e. The Hall–Kier alpha value is -0.680. The van der Waals surface area contributed by atoms with Crippen LogP contribution in [0.3, 0.4) is 0 Å². The summed E-state index contributed by atoms with van der Waals surface area (Å²) < 4.78 is 11.3. The summed E-state index contributed by atoms with van der Waals surface area (Å²) in [5, 5.41) is 20.0. The predicted molar refractivity (Wildman–Crippen MR) is 114 cm³/mol. The van der Waals surface area contributed by atoms with Crippen molar-refractivity contribution in [3.05, 3.63) is 23.3 Å². The van der Waals surface area contributed by atoms with Gasteiger partial charge in [0.2, 0.25) is 0 Å². The van der Waals surface area contributed by atoms with E-state index in [-0.39, 0.29) is 17.4 Å². The topological polar surface area (TPSA) is 58.9 Å². The van der Waals surface area contributed by atoms with Gasteiger partial charge in [-0.05, 0) is 79.8 Å². The first kappa shape index (κ1) is 23.6. The fraction of sp³-hybridized carbons (Fsp3) is 0.833. The van der Waals surface area contributed by atoms with E-state index in [2.05, 4.69) is 34.3 Å². The van der Waals surface area contributed by atoms with Gasteiger partial charge in [-0.1, -0.05) is 32.9 Å². The lowest BCUT2D eigenvalue weighted by molar-refractivity contribution is -0.0487. The van der Waals surface area contributed by atoms with Gasteiger partial charge in [-0.25, -0.2) is 0 Å². The highest BCUT2D eigenvalue weighted by Crippen LogP contribution is 2.64. The minimum absolute atomic E-state index is 0.0408. The van der Waals surface area contributed by atoms with E-state index >= 15 is 0 Å². The van der Waals surface area contributed by atoms with Crippen molar-refractivity contribution in [2.75, 3.05) is 33.0 Å². The molecule has 2 aliphatic rings. The van der Waals surface area contributed by atoms with Crippen molar-refractivity contribution >= 4 is 0 Å². The van der Waals surface area contributed by atoms with Gasteiger partial charge < -0.3 is 19.7 Å². The molecule has 2 N–H and O–H groups in total. The molecular formula is C24H42O4. The van der Waals surface area contributed by atoms with Crippen LogP contribution in [0.4, 0.5) is 0 Å². The third-order valence-electron chi connectivity index (χ3n) is 8.01. The zero-order valence-electron chi connectivity index (χ0n) is 18.7. The van der Waals surface area contributed by atoms with Gasteiger partial charge in [0.15, 0.2) is 0 Å². The van der Waals surface area contributed by atoms with Crippen LogP contribution >= 0.6 is 0 Å². The van der Waals surface area contributed by atoms with Crippen LogP contribution in [0.1, 0.15) is 66.7 Å². The van der Waals surface area contributed by atoms with Crippen molar-refractivity contribution in [3.8, 4) is 0 Å².